The lowest BCUT2D eigenvalue weighted by molar-refractivity contribution is -0.138. The number of piperazine rings is 1. The molecule has 0 saturated carbocycles. The van der Waals surface area contributed by atoms with E-state index in [1.807, 2.05) is 0 Å². The second-order valence-electron chi connectivity index (χ2n) is 7.66. The van der Waals surface area contributed by atoms with Crippen LogP contribution in [0.2, 0.25) is 0 Å². The van der Waals surface area contributed by atoms with Gasteiger partial charge in [-0.2, -0.15) is 13.2 Å². The van der Waals surface area contributed by atoms with E-state index >= 15 is 0 Å². The molecule has 1 saturated heterocycles. The summed E-state index contributed by atoms with van der Waals surface area (Å²) in [6, 6.07) is 13.0. The van der Waals surface area contributed by atoms with Crippen molar-refractivity contribution in [3.63, 3.8) is 0 Å². The maximum atomic E-state index is 13.2. The Labute approximate surface area is 184 Å². The predicted molar refractivity (Wildman–Crippen MR) is 112 cm³/mol. The molecule has 6 nitrogen and oxygen atoms in total. The van der Waals surface area contributed by atoms with Gasteiger partial charge >= 0.3 is 6.18 Å². The van der Waals surface area contributed by atoms with Crippen LogP contribution in [0.5, 0.6) is 0 Å². The molecule has 32 heavy (non-hydrogen) atoms. The van der Waals surface area contributed by atoms with Gasteiger partial charge in [-0.25, -0.2) is 0 Å². The predicted octanol–water partition coefficient (Wildman–Crippen LogP) is 3.20. The van der Waals surface area contributed by atoms with Crippen molar-refractivity contribution in [2.45, 2.75) is 25.6 Å². The number of alkyl halides is 3. The number of amides is 3. The van der Waals surface area contributed by atoms with Crippen LogP contribution in [-0.2, 0) is 11.0 Å². The molecule has 1 aliphatic heterocycles. The van der Waals surface area contributed by atoms with E-state index in [4.69, 9.17) is 0 Å². The molecule has 0 radical (unpaired) electrons. The molecule has 1 aliphatic rings. The zero-order valence-corrected chi connectivity index (χ0v) is 17.6. The third-order valence-corrected chi connectivity index (χ3v) is 5.28. The number of benzene rings is 2. The highest BCUT2D eigenvalue weighted by Crippen LogP contribution is 2.32. The van der Waals surface area contributed by atoms with E-state index in [1.165, 1.54) is 23.1 Å². The van der Waals surface area contributed by atoms with Crippen LogP contribution in [0.3, 0.4) is 0 Å². The Kier molecular flexibility index (Phi) is 7.17. The average molecular weight is 447 g/mol. The molecule has 2 aromatic rings. The van der Waals surface area contributed by atoms with E-state index in [9.17, 15) is 27.6 Å². The Bertz CT molecular complexity index is 971. The minimum Gasteiger partial charge on any atom is -0.349 e. The molecule has 2 aromatic carbocycles. The highest BCUT2D eigenvalue weighted by molar-refractivity contribution is 5.96. The van der Waals surface area contributed by atoms with Crippen LogP contribution in [0.4, 0.5) is 13.2 Å². The van der Waals surface area contributed by atoms with Gasteiger partial charge in [0.05, 0.1) is 11.1 Å². The van der Waals surface area contributed by atoms with Crippen LogP contribution in [-0.4, -0.2) is 59.7 Å². The second-order valence-corrected chi connectivity index (χ2v) is 7.66. The zero-order valence-electron chi connectivity index (χ0n) is 17.6. The van der Waals surface area contributed by atoms with E-state index in [0.717, 1.165) is 6.07 Å². The molecule has 3 rings (SSSR count). The fourth-order valence-corrected chi connectivity index (χ4v) is 3.58. The van der Waals surface area contributed by atoms with Crippen LogP contribution in [0.15, 0.2) is 54.6 Å². The molecule has 1 unspecified atom stereocenters. The first-order chi connectivity index (χ1) is 15.2. The molecule has 0 spiro atoms. The maximum absolute atomic E-state index is 13.2. The summed E-state index contributed by atoms with van der Waals surface area (Å²) in [4.78, 5) is 40.3. The minimum absolute atomic E-state index is 0.0867. The molecule has 9 heteroatoms. The van der Waals surface area contributed by atoms with E-state index in [0.29, 0.717) is 5.56 Å². The summed E-state index contributed by atoms with van der Waals surface area (Å²) in [5.41, 5.74) is -0.860. The molecule has 3 amide bonds. The molecule has 1 N–H and O–H groups in total. The van der Waals surface area contributed by atoms with Gasteiger partial charge in [-0.3, -0.25) is 14.4 Å². The first kappa shape index (κ1) is 23.3. The number of rotatable bonds is 5. The first-order valence-electron chi connectivity index (χ1n) is 10.3. The lowest BCUT2D eigenvalue weighted by Crippen LogP contribution is -2.51. The van der Waals surface area contributed by atoms with E-state index in [1.54, 1.807) is 42.2 Å². The summed E-state index contributed by atoms with van der Waals surface area (Å²) in [7, 11) is 0. The SMILES string of the molecule is CC(CC(=O)N1CCN(C(=O)c2ccccc2C(F)(F)F)CC1)NC(=O)c1ccccc1. The minimum atomic E-state index is -4.62. The van der Waals surface area contributed by atoms with Gasteiger partial charge in [-0.15, -0.1) is 0 Å². The molecule has 1 heterocycles. The van der Waals surface area contributed by atoms with E-state index in [2.05, 4.69) is 5.32 Å². The largest absolute Gasteiger partial charge is 0.417 e. The number of carbonyl (C=O) groups is 3. The van der Waals surface area contributed by atoms with Crippen LogP contribution in [0.25, 0.3) is 0 Å². The Morgan fingerprint density at radius 3 is 2.09 bits per heavy atom. The summed E-state index contributed by atoms with van der Waals surface area (Å²) in [5.74, 6) is -1.16. The molecule has 1 atom stereocenters. The van der Waals surface area contributed by atoms with Gasteiger partial charge in [0.2, 0.25) is 5.91 Å². The van der Waals surface area contributed by atoms with Crippen LogP contribution in [0.1, 0.15) is 39.6 Å². The zero-order chi connectivity index (χ0) is 23.3. The van der Waals surface area contributed by atoms with Crippen molar-refractivity contribution in [1.82, 2.24) is 15.1 Å². The number of nitrogens with one attached hydrogen (secondary N) is 1. The van der Waals surface area contributed by atoms with Gasteiger partial charge in [-0.05, 0) is 31.2 Å². The monoisotopic (exact) mass is 447 g/mol. The molecule has 170 valence electrons. The van der Waals surface area contributed by atoms with Gasteiger partial charge in [0.1, 0.15) is 0 Å². The Hall–Kier alpha value is -3.36. The number of carbonyl (C=O) groups excluding carboxylic acids is 3. The standard InChI is InChI=1S/C23H24F3N3O3/c1-16(27-21(31)17-7-3-2-4-8-17)15-20(30)28-11-13-29(14-12-28)22(32)18-9-5-6-10-19(18)23(24,25)26/h2-10,16H,11-15H2,1H3,(H,27,31). The van der Waals surface area contributed by atoms with Gasteiger partial charge < -0.3 is 15.1 Å². The molecule has 0 aliphatic carbocycles. The molecule has 1 fully saturated rings. The summed E-state index contributed by atoms with van der Waals surface area (Å²) in [6.07, 6.45) is -4.53. The second kappa shape index (κ2) is 9.84. The molecule has 0 aromatic heterocycles. The van der Waals surface area contributed by atoms with Crippen molar-refractivity contribution in [2.24, 2.45) is 0 Å². The number of hydrogen-bond acceptors (Lipinski definition) is 3. The topological polar surface area (TPSA) is 69.7 Å². The lowest BCUT2D eigenvalue weighted by atomic mass is 10.1. The van der Waals surface area contributed by atoms with Crippen molar-refractivity contribution in [3.05, 3.63) is 71.3 Å². The number of halogens is 3. The normalized spacial score (nSPS) is 15.2. The Balaban J connectivity index is 1.53. The van der Waals surface area contributed by atoms with Gasteiger partial charge in [0.25, 0.3) is 11.8 Å². The fraction of sp³-hybridized carbons (Fsp3) is 0.348. The number of hydrogen-bond donors (Lipinski definition) is 1. The van der Waals surface area contributed by atoms with Crippen LogP contribution < -0.4 is 5.32 Å². The van der Waals surface area contributed by atoms with Crippen LogP contribution >= 0.6 is 0 Å². The lowest BCUT2D eigenvalue weighted by Gasteiger charge is -2.35. The van der Waals surface area contributed by atoms with Gasteiger partial charge in [0, 0.05) is 44.2 Å². The smallest absolute Gasteiger partial charge is 0.349 e. The first-order valence-corrected chi connectivity index (χ1v) is 10.3. The van der Waals surface area contributed by atoms with Crippen LogP contribution in [0, 0.1) is 0 Å². The fourth-order valence-electron chi connectivity index (χ4n) is 3.58. The summed E-state index contributed by atoms with van der Waals surface area (Å²) in [5, 5.41) is 2.78. The highest BCUT2D eigenvalue weighted by Gasteiger charge is 2.36. The van der Waals surface area contributed by atoms with Gasteiger partial charge in [-0.1, -0.05) is 30.3 Å². The van der Waals surface area contributed by atoms with E-state index in [-0.39, 0.29) is 44.4 Å². The Morgan fingerprint density at radius 1 is 0.906 bits per heavy atom. The van der Waals surface area contributed by atoms with Crippen molar-refractivity contribution >= 4 is 17.7 Å². The van der Waals surface area contributed by atoms with Gasteiger partial charge in [0.15, 0.2) is 0 Å². The third-order valence-electron chi connectivity index (χ3n) is 5.28. The maximum Gasteiger partial charge on any atom is 0.417 e. The average Bonchev–Trinajstić information content (AvgIpc) is 2.78. The highest BCUT2D eigenvalue weighted by atomic mass is 19.4. The van der Waals surface area contributed by atoms with Crippen molar-refractivity contribution in [3.8, 4) is 0 Å². The Morgan fingerprint density at radius 2 is 1.47 bits per heavy atom. The van der Waals surface area contributed by atoms with Crippen molar-refractivity contribution < 1.29 is 27.6 Å². The molecule has 0 bridgehead atoms. The van der Waals surface area contributed by atoms with E-state index < -0.39 is 29.3 Å². The van der Waals surface area contributed by atoms with Crippen molar-refractivity contribution in [1.29, 1.82) is 0 Å². The number of nitrogens with zero attached hydrogens (tertiary/aromatic N) is 2. The summed E-state index contributed by atoms with van der Waals surface area (Å²) >= 11 is 0. The third kappa shape index (κ3) is 5.66. The summed E-state index contributed by atoms with van der Waals surface area (Å²) < 4.78 is 39.6. The quantitative estimate of drug-likeness (QED) is 0.766. The molecular formula is C23H24F3N3O3. The molecular weight excluding hydrogens is 423 g/mol. The van der Waals surface area contributed by atoms with Crippen molar-refractivity contribution in [2.75, 3.05) is 26.2 Å². The summed E-state index contributed by atoms with van der Waals surface area (Å²) in [6.45, 7) is 2.45.